The first kappa shape index (κ1) is 11.3. The van der Waals surface area contributed by atoms with Crippen LogP contribution < -0.4 is 5.32 Å². The van der Waals surface area contributed by atoms with Gasteiger partial charge in [-0.1, -0.05) is 11.6 Å². The summed E-state index contributed by atoms with van der Waals surface area (Å²) in [6, 6.07) is 0. The maximum atomic E-state index is 10.7. The van der Waals surface area contributed by atoms with Gasteiger partial charge in [-0.25, -0.2) is 0 Å². The number of hydrogen-bond acceptors (Lipinski definition) is 2. The van der Waals surface area contributed by atoms with E-state index < -0.39 is 0 Å². The van der Waals surface area contributed by atoms with Crippen LogP contribution in [-0.2, 0) is 11.3 Å². The molecule has 0 aromatic carbocycles. The van der Waals surface area contributed by atoms with E-state index >= 15 is 0 Å². The van der Waals surface area contributed by atoms with Gasteiger partial charge in [0, 0.05) is 19.3 Å². The summed E-state index contributed by atoms with van der Waals surface area (Å²) < 4.78 is 1.73. The molecule has 0 bridgehead atoms. The largest absolute Gasteiger partial charge is 0.355 e. The highest BCUT2D eigenvalue weighted by atomic mass is 35.5. The molecule has 0 unspecified atom stereocenters. The molecule has 0 aliphatic carbocycles. The summed E-state index contributed by atoms with van der Waals surface area (Å²) in [5.41, 5.74) is 0. The van der Waals surface area contributed by atoms with Crippen LogP contribution in [0.15, 0.2) is 12.4 Å². The van der Waals surface area contributed by atoms with Crippen LogP contribution in [0, 0.1) is 0 Å². The van der Waals surface area contributed by atoms with Crippen LogP contribution in [0.5, 0.6) is 0 Å². The number of halogens is 2. The Morgan fingerprint density at radius 1 is 1.64 bits per heavy atom. The zero-order chi connectivity index (χ0) is 10.4. The van der Waals surface area contributed by atoms with Crippen molar-refractivity contribution in [1.82, 2.24) is 15.1 Å². The lowest BCUT2D eigenvalue weighted by atomic mass is 10.4. The Bertz CT molecular complexity index is 301. The second kappa shape index (κ2) is 5.88. The van der Waals surface area contributed by atoms with Crippen molar-refractivity contribution in [2.45, 2.75) is 13.0 Å². The maximum absolute atomic E-state index is 10.7. The van der Waals surface area contributed by atoms with Gasteiger partial charge in [-0.05, 0) is 6.42 Å². The third-order valence-corrected chi connectivity index (χ3v) is 2.05. The summed E-state index contributed by atoms with van der Waals surface area (Å²) in [4.78, 5) is 10.7. The van der Waals surface area contributed by atoms with E-state index in [1.54, 1.807) is 17.1 Å². The van der Waals surface area contributed by atoms with Crippen molar-refractivity contribution in [3.05, 3.63) is 17.4 Å². The zero-order valence-corrected chi connectivity index (χ0v) is 9.05. The average Bonchev–Trinajstić information content (AvgIpc) is 2.58. The molecule has 0 aliphatic heterocycles. The molecule has 0 atom stereocenters. The quantitative estimate of drug-likeness (QED) is 0.618. The molecule has 0 fully saturated rings. The van der Waals surface area contributed by atoms with Gasteiger partial charge in [0.05, 0.1) is 11.2 Å². The van der Waals surface area contributed by atoms with E-state index in [1.807, 2.05) is 0 Å². The lowest BCUT2D eigenvalue weighted by Gasteiger charge is -2.02. The molecule has 1 aromatic heterocycles. The molecule has 1 heterocycles. The molecule has 0 spiro atoms. The van der Waals surface area contributed by atoms with E-state index in [9.17, 15) is 4.79 Å². The molecule has 0 aliphatic rings. The predicted molar refractivity (Wildman–Crippen MR) is 55.6 cm³/mol. The number of hydrogen-bond donors (Lipinski definition) is 1. The molecule has 1 N–H and O–H groups in total. The lowest BCUT2D eigenvalue weighted by molar-refractivity contribution is -0.118. The van der Waals surface area contributed by atoms with Crippen molar-refractivity contribution in [3.8, 4) is 0 Å². The third kappa shape index (κ3) is 3.98. The van der Waals surface area contributed by atoms with Gasteiger partial charge < -0.3 is 5.32 Å². The molecule has 4 nitrogen and oxygen atoms in total. The number of carbonyl (C=O) groups excluding carboxylic acids is 1. The van der Waals surface area contributed by atoms with E-state index in [4.69, 9.17) is 23.2 Å². The van der Waals surface area contributed by atoms with E-state index in [2.05, 4.69) is 10.4 Å². The number of aromatic nitrogens is 2. The first-order valence-electron chi connectivity index (χ1n) is 4.23. The minimum absolute atomic E-state index is 0.00754. The van der Waals surface area contributed by atoms with Gasteiger partial charge >= 0.3 is 0 Å². The fourth-order valence-electron chi connectivity index (χ4n) is 0.977. The summed E-state index contributed by atoms with van der Waals surface area (Å²) >= 11 is 11.0. The van der Waals surface area contributed by atoms with Crippen molar-refractivity contribution < 1.29 is 4.79 Å². The Kier molecular flexibility index (Phi) is 4.76. The molecule has 78 valence electrons. The zero-order valence-electron chi connectivity index (χ0n) is 7.54. The number of carbonyl (C=O) groups is 1. The fourth-order valence-corrected chi connectivity index (χ4v) is 1.23. The highest BCUT2D eigenvalue weighted by molar-refractivity contribution is 6.30. The second-order valence-corrected chi connectivity index (χ2v) is 3.46. The number of nitrogens with one attached hydrogen (secondary N) is 1. The Morgan fingerprint density at radius 2 is 2.43 bits per heavy atom. The summed E-state index contributed by atoms with van der Waals surface area (Å²) in [5.74, 6) is -0.140. The van der Waals surface area contributed by atoms with Crippen LogP contribution in [0.3, 0.4) is 0 Å². The summed E-state index contributed by atoms with van der Waals surface area (Å²) in [5, 5.41) is 7.28. The maximum Gasteiger partial charge on any atom is 0.234 e. The standard InChI is InChI=1S/C8H11Cl2N3O/c9-4-8(14)11-2-1-3-13-6-7(10)5-12-13/h5-6H,1-4H2,(H,11,14). The summed E-state index contributed by atoms with van der Waals surface area (Å²) in [7, 11) is 0. The van der Waals surface area contributed by atoms with Crippen molar-refractivity contribution in [3.63, 3.8) is 0 Å². The number of amides is 1. The summed E-state index contributed by atoms with van der Waals surface area (Å²) in [6.07, 6.45) is 4.13. The van der Waals surface area contributed by atoms with Crippen molar-refractivity contribution >= 4 is 29.1 Å². The first-order chi connectivity index (χ1) is 6.72. The highest BCUT2D eigenvalue weighted by Crippen LogP contribution is 2.04. The molecular formula is C8H11Cl2N3O. The molecule has 6 heteroatoms. The van der Waals surface area contributed by atoms with Gasteiger partial charge in [0.1, 0.15) is 5.88 Å². The lowest BCUT2D eigenvalue weighted by Crippen LogP contribution is -2.26. The first-order valence-corrected chi connectivity index (χ1v) is 5.14. The third-order valence-electron chi connectivity index (χ3n) is 1.61. The van der Waals surface area contributed by atoms with Crippen LogP contribution in [0.25, 0.3) is 0 Å². The number of nitrogens with zero attached hydrogens (tertiary/aromatic N) is 2. The van der Waals surface area contributed by atoms with Gasteiger partial charge in [0.2, 0.25) is 5.91 Å². The molecule has 0 radical (unpaired) electrons. The monoisotopic (exact) mass is 235 g/mol. The number of rotatable bonds is 5. The minimum Gasteiger partial charge on any atom is -0.355 e. The Morgan fingerprint density at radius 3 is 3.00 bits per heavy atom. The van der Waals surface area contributed by atoms with Crippen LogP contribution in [0.2, 0.25) is 5.02 Å². The van der Waals surface area contributed by atoms with Gasteiger partial charge in [-0.3, -0.25) is 9.48 Å². The topological polar surface area (TPSA) is 46.9 Å². The predicted octanol–water partition coefficient (Wildman–Crippen LogP) is 1.28. The Balaban J connectivity index is 2.13. The molecular weight excluding hydrogens is 225 g/mol. The fraction of sp³-hybridized carbons (Fsp3) is 0.500. The smallest absolute Gasteiger partial charge is 0.234 e. The van der Waals surface area contributed by atoms with Crippen molar-refractivity contribution in [2.75, 3.05) is 12.4 Å². The van der Waals surface area contributed by atoms with Gasteiger partial charge in [-0.2, -0.15) is 5.10 Å². The van der Waals surface area contributed by atoms with Gasteiger partial charge in [0.15, 0.2) is 0 Å². The molecule has 0 saturated carbocycles. The molecule has 1 rings (SSSR count). The van der Waals surface area contributed by atoms with Crippen LogP contribution in [0.4, 0.5) is 0 Å². The van der Waals surface area contributed by atoms with Crippen molar-refractivity contribution in [1.29, 1.82) is 0 Å². The van der Waals surface area contributed by atoms with Gasteiger partial charge in [-0.15, -0.1) is 11.6 Å². The van der Waals surface area contributed by atoms with E-state index in [0.717, 1.165) is 13.0 Å². The SMILES string of the molecule is O=C(CCl)NCCCn1cc(Cl)cn1. The molecule has 1 aromatic rings. The van der Waals surface area contributed by atoms with Crippen LogP contribution in [0.1, 0.15) is 6.42 Å². The average molecular weight is 236 g/mol. The van der Waals surface area contributed by atoms with E-state index in [-0.39, 0.29) is 11.8 Å². The van der Waals surface area contributed by atoms with Crippen molar-refractivity contribution in [2.24, 2.45) is 0 Å². The normalized spacial score (nSPS) is 10.1. The number of aryl methyl sites for hydroxylation is 1. The minimum atomic E-state index is -0.148. The molecule has 1 amide bonds. The second-order valence-electron chi connectivity index (χ2n) is 2.76. The van der Waals surface area contributed by atoms with E-state index in [1.165, 1.54) is 0 Å². The van der Waals surface area contributed by atoms with Crippen LogP contribution >= 0.6 is 23.2 Å². The van der Waals surface area contributed by atoms with E-state index in [0.29, 0.717) is 11.6 Å². The van der Waals surface area contributed by atoms with Crippen LogP contribution in [-0.4, -0.2) is 28.1 Å². The van der Waals surface area contributed by atoms with Gasteiger partial charge in [0.25, 0.3) is 0 Å². The Hall–Kier alpha value is -0.740. The Labute approximate surface area is 92.2 Å². The highest BCUT2D eigenvalue weighted by Gasteiger charge is 1.98. The molecule has 14 heavy (non-hydrogen) atoms. The summed E-state index contributed by atoms with van der Waals surface area (Å²) in [6.45, 7) is 1.33. The molecule has 0 saturated heterocycles. The number of alkyl halides is 1.